The van der Waals surface area contributed by atoms with Gasteiger partial charge in [0.1, 0.15) is 5.58 Å². The number of fused-ring (bicyclic) bond motifs is 1. The van der Waals surface area contributed by atoms with Crippen LogP contribution in [0.15, 0.2) is 69.0 Å². The highest BCUT2D eigenvalue weighted by Gasteiger charge is 2.25. The van der Waals surface area contributed by atoms with E-state index in [9.17, 15) is 13.2 Å². The van der Waals surface area contributed by atoms with E-state index in [0.717, 1.165) is 5.56 Å². The number of sulfonamides is 1. The van der Waals surface area contributed by atoms with Crippen molar-refractivity contribution in [2.24, 2.45) is 0 Å². The van der Waals surface area contributed by atoms with Crippen molar-refractivity contribution >= 4 is 21.0 Å². The van der Waals surface area contributed by atoms with Gasteiger partial charge < -0.3 is 4.42 Å². The van der Waals surface area contributed by atoms with Gasteiger partial charge in [0, 0.05) is 43.4 Å². The number of aromatic nitrogens is 1. The summed E-state index contributed by atoms with van der Waals surface area (Å²) in [5.74, 6) is 0. The maximum absolute atomic E-state index is 13.1. The second-order valence-corrected chi connectivity index (χ2v) is 7.50. The lowest BCUT2D eigenvalue weighted by Gasteiger charge is -2.21. The molecule has 7 nitrogen and oxygen atoms in total. The van der Waals surface area contributed by atoms with Crippen LogP contribution in [0.25, 0.3) is 11.0 Å². The fourth-order valence-electron chi connectivity index (χ4n) is 2.51. The standard InChI is InChI=1S/C18H15N3O4S/c19-8-2-10-21(13-14-3-1-9-20-12-14)26(23,24)16-5-6-17-15(11-16)4-7-18(22)25-17/h1,3-7,9,11-12H,2,10,13H2. The molecular weight excluding hydrogens is 354 g/mol. The topological polar surface area (TPSA) is 104 Å². The van der Waals surface area contributed by atoms with E-state index in [4.69, 9.17) is 9.68 Å². The molecule has 2 heterocycles. The first-order chi connectivity index (χ1) is 12.5. The van der Waals surface area contributed by atoms with Gasteiger partial charge in [0.15, 0.2) is 0 Å². The third-order valence-corrected chi connectivity index (χ3v) is 5.62. The van der Waals surface area contributed by atoms with Crippen molar-refractivity contribution in [2.75, 3.05) is 6.54 Å². The van der Waals surface area contributed by atoms with Gasteiger partial charge >= 0.3 is 5.63 Å². The molecule has 0 fully saturated rings. The maximum atomic E-state index is 13.1. The summed E-state index contributed by atoms with van der Waals surface area (Å²) < 4.78 is 32.4. The lowest BCUT2D eigenvalue weighted by atomic mass is 10.2. The van der Waals surface area contributed by atoms with Gasteiger partial charge in [-0.05, 0) is 35.9 Å². The second-order valence-electron chi connectivity index (χ2n) is 5.56. The number of nitriles is 1. The molecule has 0 spiro atoms. The molecule has 0 amide bonds. The third kappa shape index (κ3) is 3.79. The minimum atomic E-state index is -3.84. The van der Waals surface area contributed by atoms with Crippen molar-refractivity contribution in [3.05, 3.63) is 70.8 Å². The van der Waals surface area contributed by atoms with Crippen molar-refractivity contribution < 1.29 is 12.8 Å². The molecule has 1 aromatic carbocycles. The smallest absolute Gasteiger partial charge is 0.336 e. The summed E-state index contributed by atoms with van der Waals surface area (Å²) >= 11 is 0. The van der Waals surface area contributed by atoms with Crippen molar-refractivity contribution in [3.8, 4) is 6.07 Å². The monoisotopic (exact) mass is 369 g/mol. The molecule has 0 unspecified atom stereocenters. The Hall–Kier alpha value is -3.02. The first-order valence-corrected chi connectivity index (χ1v) is 9.24. The third-order valence-electron chi connectivity index (χ3n) is 3.78. The molecule has 3 aromatic rings. The molecule has 3 rings (SSSR count). The zero-order chi connectivity index (χ0) is 18.6. The molecule has 0 saturated heterocycles. The molecule has 0 aliphatic rings. The minimum absolute atomic E-state index is 0.0651. The van der Waals surface area contributed by atoms with Gasteiger partial charge in [-0.2, -0.15) is 9.57 Å². The Morgan fingerprint density at radius 2 is 2.04 bits per heavy atom. The number of rotatable bonds is 6. The van der Waals surface area contributed by atoms with Crippen LogP contribution in [-0.2, 0) is 16.6 Å². The Balaban J connectivity index is 1.99. The molecule has 0 bridgehead atoms. The fraction of sp³-hybridized carbons (Fsp3) is 0.167. The van der Waals surface area contributed by atoms with Crippen LogP contribution in [0.5, 0.6) is 0 Å². The van der Waals surface area contributed by atoms with E-state index in [0.29, 0.717) is 11.0 Å². The number of nitrogens with zero attached hydrogens (tertiary/aromatic N) is 3. The lowest BCUT2D eigenvalue weighted by molar-refractivity contribution is 0.413. The fourth-order valence-corrected chi connectivity index (χ4v) is 3.98. The molecule has 2 aromatic heterocycles. The van der Waals surface area contributed by atoms with Crippen LogP contribution >= 0.6 is 0 Å². The summed E-state index contributed by atoms with van der Waals surface area (Å²) in [4.78, 5) is 15.3. The van der Waals surface area contributed by atoms with Crippen molar-refractivity contribution in [3.63, 3.8) is 0 Å². The first-order valence-electron chi connectivity index (χ1n) is 7.80. The average molecular weight is 369 g/mol. The Bertz CT molecular complexity index is 1120. The molecule has 0 aliphatic carbocycles. The summed E-state index contributed by atoms with van der Waals surface area (Å²) in [7, 11) is -3.84. The Morgan fingerprint density at radius 1 is 1.19 bits per heavy atom. The van der Waals surface area contributed by atoms with Crippen molar-refractivity contribution in [1.29, 1.82) is 5.26 Å². The largest absolute Gasteiger partial charge is 0.423 e. The van der Waals surface area contributed by atoms with E-state index in [2.05, 4.69) is 4.98 Å². The van der Waals surface area contributed by atoms with Crippen LogP contribution in [0.3, 0.4) is 0 Å². The summed E-state index contributed by atoms with van der Waals surface area (Å²) in [6.07, 6.45) is 3.26. The molecule has 0 N–H and O–H groups in total. The highest BCUT2D eigenvalue weighted by Crippen LogP contribution is 2.22. The Morgan fingerprint density at radius 3 is 2.77 bits per heavy atom. The summed E-state index contributed by atoms with van der Waals surface area (Å²) in [5, 5.41) is 9.37. The predicted molar refractivity (Wildman–Crippen MR) is 94.5 cm³/mol. The van der Waals surface area contributed by atoms with E-state index in [-0.39, 0.29) is 24.4 Å². The molecule has 0 atom stereocenters. The van der Waals surface area contributed by atoms with E-state index in [1.54, 1.807) is 24.5 Å². The van der Waals surface area contributed by atoms with Gasteiger partial charge in [0.05, 0.1) is 11.0 Å². The quantitative estimate of drug-likeness (QED) is 0.618. The van der Waals surface area contributed by atoms with Crippen molar-refractivity contribution in [1.82, 2.24) is 9.29 Å². The molecule has 0 radical (unpaired) electrons. The second kappa shape index (κ2) is 7.47. The van der Waals surface area contributed by atoms with Gasteiger partial charge in [-0.25, -0.2) is 13.2 Å². The molecule has 8 heteroatoms. The van der Waals surface area contributed by atoms with Crippen LogP contribution in [0.4, 0.5) is 0 Å². The highest BCUT2D eigenvalue weighted by atomic mass is 32.2. The minimum Gasteiger partial charge on any atom is -0.423 e. The highest BCUT2D eigenvalue weighted by molar-refractivity contribution is 7.89. The van der Waals surface area contributed by atoms with E-state index >= 15 is 0 Å². The van der Waals surface area contributed by atoms with Crippen LogP contribution in [0.2, 0.25) is 0 Å². The number of pyridine rings is 1. The molecule has 26 heavy (non-hydrogen) atoms. The average Bonchev–Trinajstić information content (AvgIpc) is 2.65. The molecule has 132 valence electrons. The number of benzene rings is 1. The first kappa shape index (κ1) is 17.8. The molecular formula is C18H15N3O4S. The summed E-state index contributed by atoms with van der Waals surface area (Å²) in [5.41, 5.74) is 0.536. The van der Waals surface area contributed by atoms with E-state index in [1.165, 1.54) is 34.6 Å². The summed E-state index contributed by atoms with van der Waals surface area (Å²) in [6, 6.07) is 12.5. The zero-order valence-corrected chi connectivity index (χ0v) is 14.5. The Kier molecular flexibility index (Phi) is 5.11. The SMILES string of the molecule is N#CCCN(Cc1cccnc1)S(=O)(=O)c1ccc2oc(=O)ccc2c1. The van der Waals surface area contributed by atoms with E-state index in [1.807, 2.05) is 6.07 Å². The summed E-state index contributed by atoms with van der Waals surface area (Å²) in [6.45, 7) is 0.176. The van der Waals surface area contributed by atoms with Crippen LogP contribution in [0, 0.1) is 11.3 Å². The molecule has 0 saturated carbocycles. The number of hydrogen-bond donors (Lipinski definition) is 0. The van der Waals surface area contributed by atoms with E-state index < -0.39 is 15.6 Å². The van der Waals surface area contributed by atoms with Gasteiger partial charge in [-0.1, -0.05) is 6.07 Å². The van der Waals surface area contributed by atoms with Gasteiger partial charge in [0.2, 0.25) is 10.0 Å². The normalized spacial score (nSPS) is 11.5. The van der Waals surface area contributed by atoms with Gasteiger partial charge in [-0.3, -0.25) is 4.98 Å². The predicted octanol–water partition coefficient (Wildman–Crippen LogP) is 2.29. The Labute approximate surface area is 150 Å². The zero-order valence-electron chi connectivity index (χ0n) is 13.7. The van der Waals surface area contributed by atoms with Gasteiger partial charge in [0.25, 0.3) is 0 Å². The van der Waals surface area contributed by atoms with Crippen molar-refractivity contribution in [2.45, 2.75) is 17.9 Å². The van der Waals surface area contributed by atoms with Crippen LogP contribution in [-0.4, -0.2) is 24.3 Å². The lowest BCUT2D eigenvalue weighted by Crippen LogP contribution is -2.31. The number of hydrogen-bond acceptors (Lipinski definition) is 6. The molecule has 0 aliphatic heterocycles. The van der Waals surface area contributed by atoms with Crippen LogP contribution < -0.4 is 5.63 Å². The van der Waals surface area contributed by atoms with Crippen LogP contribution in [0.1, 0.15) is 12.0 Å². The van der Waals surface area contributed by atoms with Gasteiger partial charge in [-0.15, -0.1) is 0 Å². The maximum Gasteiger partial charge on any atom is 0.336 e.